The second kappa shape index (κ2) is 7.57. The fraction of sp³-hybridized carbons (Fsp3) is 0.588. The molecule has 0 bridgehead atoms. The Bertz CT molecular complexity index is 443. The van der Waals surface area contributed by atoms with Crippen molar-refractivity contribution in [3.8, 4) is 0 Å². The third-order valence-corrected chi connectivity index (χ3v) is 4.35. The third kappa shape index (κ3) is 5.48. The number of hydrogen-bond acceptors (Lipinski definition) is 3. The van der Waals surface area contributed by atoms with Gasteiger partial charge >= 0.3 is 5.97 Å². The van der Waals surface area contributed by atoms with E-state index in [0.717, 1.165) is 25.8 Å². The second-order valence-electron chi connectivity index (χ2n) is 6.13. The van der Waals surface area contributed by atoms with Crippen LogP contribution >= 0.6 is 0 Å². The van der Waals surface area contributed by atoms with E-state index in [0.29, 0.717) is 12.0 Å². The van der Waals surface area contributed by atoms with Gasteiger partial charge in [-0.05, 0) is 50.6 Å². The van der Waals surface area contributed by atoms with Crippen LogP contribution in [0, 0.1) is 0 Å². The first-order valence-electron chi connectivity index (χ1n) is 7.89. The number of carboxylic acid groups (broad SMARTS) is 1. The van der Waals surface area contributed by atoms with Crippen LogP contribution in [0.15, 0.2) is 30.3 Å². The molecule has 4 N–H and O–H groups in total. The summed E-state index contributed by atoms with van der Waals surface area (Å²) in [5, 5.41) is 12.4. The molecule has 1 fully saturated rings. The Labute approximate surface area is 126 Å². The van der Waals surface area contributed by atoms with E-state index in [-0.39, 0.29) is 0 Å². The standard InChI is InChI=1S/C17H26N2O2/c18-15(16(20)21)8-4-5-13-19-17(11-12-17)10-9-14-6-2-1-3-7-14/h1-3,6-7,15,19H,4-5,8-13,18H2,(H,20,21). The first kappa shape index (κ1) is 16.0. The average molecular weight is 290 g/mol. The molecule has 1 saturated carbocycles. The van der Waals surface area contributed by atoms with Crippen molar-refractivity contribution in [1.82, 2.24) is 5.32 Å². The minimum absolute atomic E-state index is 0.338. The van der Waals surface area contributed by atoms with Gasteiger partial charge in [-0.3, -0.25) is 4.79 Å². The van der Waals surface area contributed by atoms with E-state index in [1.54, 1.807) is 0 Å². The van der Waals surface area contributed by atoms with Crippen molar-refractivity contribution in [3.05, 3.63) is 35.9 Å². The molecular weight excluding hydrogens is 264 g/mol. The SMILES string of the molecule is NC(CCCCNC1(CCc2ccccc2)CC1)C(=O)O. The Balaban J connectivity index is 1.59. The number of aryl methyl sites for hydroxylation is 1. The van der Waals surface area contributed by atoms with Crippen LogP contribution in [0.2, 0.25) is 0 Å². The van der Waals surface area contributed by atoms with E-state index in [4.69, 9.17) is 10.8 Å². The van der Waals surface area contributed by atoms with E-state index in [1.807, 2.05) is 0 Å². The van der Waals surface area contributed by atoms with Crippen molar-refractivity contribution in [3.63, 3.8) is 0 Å². The summed E-state index contributed by atoms with van der Waals surface area (Å²) in [6, 6.07) is 9.89. The highest BCUT2D eigenvalue weighted by atomic mass is 16.4. The minimum atomic E-state index is -0.899. The Kier molecular flexibility index (Phi) is 5.76. The molecule has 2 rings (SSSR count). The molecule has 0 aromatic heterocycles. The van der Waals surface area contributed by atoms with Gasteiger partial charge in [-0.2, -0.15) is 0 Å². The van der Waals surface area contributed by atoms with Crippen LogP contribution in [0.5, 0.6) is 0 Å². The summed E-state index contributed by atoms with van der Waals surface area (Å²) < 4.78 is 0. The zero-order chi connectivity index (χ0) is 15.1. The Morgan fingerprint density at radius 2 is 2.00 bits per heavy atom. The van der Waals surface area contributed by atoms with Gasteiger partial charge in [-0.25, -0.2) is 0 Å². The van der Waals surface area contributed by atoms with Crippen LogP contribution in [0.3, 0.4) is 0 Å². The van der Waals surface area contributed by atoms with Gasteiger partial charge in [0.05, 0.1) is 0 Å². The van der Waals surface area contributed by atoms with Gasteiger partial charge in [0.1, 0.15) is 6.04 Å². The first-order valence-corrected chi connectivity index (χ1v) is 7.89. The van der Waals surface area contributed by atoms with Crippen LogP contribution in [0.4, 0.5) is 0 Å². The van der Waals surface area contributed by atoms with Crippen molar-refractivity contribution >= 4 is 5.97 Å². The van der Waals surface area contributed by atoms with E-state index in [9.17, 15) is 4.79 Å². The molecule has 0 spiro atoms. The molecular formula is C17H26N2O2. The number of aliphatic carboxylic acids is 1. The molecule has 1 unspecified atom stereocenters. The third-order valence-electron chi connectivity index (χ3n) is 4.35. The Morgan fingerprint density at radius 1 is 1.29 bits per heavy atom. The maximum atomic E-state index is 10.6. The lowest BCUT2D eigenvalue weighted by molar-refractivity contribution is -0.138. The molecule has 1 aromatic carbocycles. The summed E-state index contributed by atoms with van der Waals surface area (Å²) in [7, 11) is 0. The fourth-order valence-electron chi connectivity index (χ4n) is 2.66. The largest absolute Gasteiger partial charge is 0.480 e. The second-order valence-corrected chi connectivity index (χ2v) is 6.13. The number of hydrogen-bond donors (Lipinski definition) is 3. The maximum absolute atomic E-state index is 10.6. The van der Waals surface area contributed by atoms with Gasteiger partial charge in [0.15, 0.2) is 0 Å². The van der Waals surface area contributed by atoms with Crippen LogP contribution in [-0.4, -0.2) is 29.2 Å². The molecule has 1 aliphatic carbocycles. The molecule has 0 radical (unpaired) electrons. The van der Waals surface area contributed by atoms with Gasteiger partial charge in [0, 0.05) is 5.54 Å². The van der Waals surface area contributed by atoms with E-state index < -0.39 is 12.0 Å². The summed E-state index contributed by atoms with van der Waals surface area (Å²) in [4.78, 5) is 10.6. The summed E-state index contributed by atoms with van der Waals surface area (Å²) in [5.41, 5.74) is 7.23. The molecule has 0 saturated heterocycles. The zero-order valence-electron chi connectivity index (χ0n) is 12.6. The van der Waals surface area contributed by atoms with Crippen LogP contribution in [-0.2, 0) is 11.2 Å². The highest BCUT2D eigenvalue weighted by Crippen LogP contribution is 2.39. The lowest BCUT2D eigenvalue weighted by Gasteiger charge is -2.17. The lowest BCUT2D eigenvalue weighted by Crippen LogP contribution is -2.33. The van der Waals surface area contributed by atoms with Crippen molar-refractivity contribution < 1.29 is 9.90 Å². The Morgan fingerprint density at radius 3 is 2.62 bits per heavy atom. The normalized spacial score (nSPS) is 17.4. The van der Waals surface area contributed by atoms with Crippen LogP contribution in [0.1, 0.15) is 44.1 Å². The topological polar surface area (TPSA) is 75.3 Å². The maximum Gasteiger partial charge on any atom is 0.320 e. The fourth-order valence-corrected chi connectivity index (χ4v) is 2.66. The molecule has 116 valence electrons. The van der Waals surface area contributed by atoms with E-state index >= 15 is 0 Å². The first-order chi connectivity index (χ1) is 10.1. The van der Waals surface area contributed by atoms with Crippen LogP contribution in [0.25, 0.3) is 0 Å². The predicted molar refractivity (Wildman–Crippen MR) is 84.2 cm³/mol. The highest BCUT2D eigenvalue weighted by Gasteiger charge is 2.40. The molecule has 1 aromatic rings. The predicted octanol–water partition coefficient (Wildman–Crippen LogP) is 2.32. The molecule has 0 heterocycles. The monoisotopic (exact) mass is 290 g/mol. The number of carboxylic acids is 1. The van der Waals surface area contributed by atoms with Gasteiger partial charge in [-0.1, -0.05) is 36.8 Å². The molecule has 1 atom stereocenters. The number of nitrogens with one attached hydrogen (secondary N) is 1. The quantitative estimate of drug-likeness (QED) is 0.578. The Hall–Kier alpha value is -1.39. The number of benzene rings is 1. The minimum Gasteiger partial charge on any atom is -0.480 e. The zero-order valence-corrected chi connectivity index (χ0v) is 12.6. The van der Waals surface area contributed by atoms with Gasteiger partial charge < -0.3 is 16.2 Å². The van der Waals surface area contributed by atoms with Gasteiger partial charge in [-0.15, -0.1) is 0 Å². The summed E-state index contributed by atoms with van der Waals surface area (Å²) >= 11 is 0. The van der Waals surface area contributed by atoms with Gasteiger partial charge in [0.2, 0.25) is 0 Å². The number of nitrogens with two attached hydrogens (primary N) is 1. The summed E-state index contributed by atoms with van der Waals surface area (Å²) in [6.45, 7) is 0.959. The molecule has 21 heavy (non-hydrogen) atoms. The molecule has 4 heteroatoms. The smallest absolute Gasteiger partial charge is 0.320 e. The van der Waals surface area contributed by atoms with Gasteiger partial charge in [0.25, 0.3) is 0 Å². The highest BCUT2D eigenvalue weighted by molar-refractivity contribution is 5.72. The molecule has 1 aliphatic rings. The molecule has 4 nitrogen and oxygen atoms in total. The average Bonchev–Trinajstić information content (AvgIpc) is 3.26. The van der Waals surface area contributed by atoms with Crippen LogP contribution < -0.4 is 11.1 Å². The number of rotatable bonds is 10. The van der Waals surface area contributed by atoms with Crippen molar-refractivity contribution in [2.24, 2.45) is 5.73 Å². The molecule has 0 aliphatic heterocycles. The summed E-state index contributed by atoms with van der Waals surface area (Å²) in [6.07, 6.45) is 7.25. The number of unbranched alkanes of at least 4 members (excludes halogenated alkanes) is 1. The number of carbonyl (C=O) groups is 1. The van der Waals surface area contributed by atoms with Crippen molar-refractivity contribution in [2.45, 2.75) is 56.5 Å². The van der Waals surface area contributed by atoms with E-state index in [2.05, 4.69) is 35.6 Å². The lowest BCUT2D eigenvalue weighted by atomic mass is 10.0. The molecule has 0 amide bonds. The summed E-state index contributed by atoms with van der Waals surface area (Å²) in [5.74, 6) is -0.899. The van der Waals surface area contributed by atoms with E-state index in [1.165, 1.54) is 24.8 Å². The van der Waals surface area contributed by atoms with Crippen molar-refractivity contribution in [2.75, 3.05) is 6.54 Å². The van der Waals surface area contributed by atoms with Crippen molar-refractivity contribution in [1.29, 1.82) is 0 Å².